The number of urea groups is 1. The molecule has 1 fully saturated rings. The molecule has 2 aromatic carbocycles. The molecule has 0 saturated heterocycles. The minimum atomic E-state index is -4.44. The lowest BCUT2D eigenvalue weighted by atomic mass is 9.76. The summed E-state index contributed by atoms with van der Waals surface area (Å²) in [6.07, 6.45) is 6.86. The first-order valence-electron chi connectivity index (χ1n) is 27.0. The molecule has 21 nitrogen and oxygen atoms in total. The van der Waals surface area contributed by atoms with Gasteiger partial charge in [-0.1, -0.05) is 117 Å². The number of nitrogens with zero attached hydrogens (tertiary/aromatic N) is 2. The highest BCUT2D eigenvalue weighted by Crippen LogP contribution is 2.46. The fraction of sp³-hybridized carbons (Fsp3) is 0.561. The van der Waals surface area contributed by atoms with Gasteiger partial charge in [0.15, 0.2) is 0 Å². The van der Waals surface area contributed by atoms with Gasteiger partial charge in [0, 0.05) is 49.7 Å². The lowest BCUT2D eigenvalue weighted by Gasteiger charge is -2.40. The van der Waals surface area contributed by atoms with Crippen molar-refractivity contribution >= 4 is 63.3 Å². The first-order chi connectivity index (χ1) is 36.9. The Kier molecular flexibility index (Phi) is 22.7. The zero-order chi connectivity index (χ0) is 59.2. The third kappa shape index (κ3) is 17.8. The van der Waals surface area contributed by atoms with Gasteiger partial charge in [0.1, 0.15) is 18.1 Å². The summed E-state index contributed by atoms with van der Waals surface area (Å²) >= 11 is 0. The molecule has 2 aromatic rings. The summed E-state index contributed by atoms with van der Waals surface area (Å²) in [5.41, 5.74) is 4.48. The largest absolute Gasteiger partial charge is 0.352 e. The van der Waals surface area contributed by atoms with Gasteiger partial charge in [-0.2, -0.15) is 0 Å². The van der Waals surface area contributed by atoms with Crippen LogP contribution in [0, 0.1) is 17.3 Å². The van der Waals surface area contributed by atoms with Crippen LogP contribution >= 0.6 is 0 Å². The van der Waals surface area contributed by atoms with Crippen LogP contribution in [0.2, 0.25) is 0 Å². The number of imide groups is 1. The minimum absolute atomic E-state index is 0.0290. The standard InChI is InChI=1S/C57H84N10O11S/c1-35(2)42(66(12)53(75)48(55(6,7)8)63-52(74)47(59-11)56(9,10)38-20-15-13-16-21-38)34-37(5)49(71)65-79(77,78)40-26-24-39(25-27-40)57(30-31-57)64-50(72)41(22-19-32-60-54(58)76)61-51(73)46(36(3)4)62-43(68)23-17-14-18-33-67-44(69)28-29-45(67)70/h13,15-16,20-21,24-29,34-36,41-42,46-48,59H,14,17-19,22-23,30-33H2,1-12H3,(H,61,73)(H,62,68)(H,63,74)(H,64,72)(H,65,71)(H3,58,60,76)/b37-34+/t41-,42-,46-,47-,48-/m1/s1. The summed E-state index contributed by atoms with van der Waals surface area (Å²) in [6, 6.07) is 10.1. The van der Waals surface area contributed by atoms with E-state index in [0.717, 1.165) is 10.5 Å². The summed E-state index contributed by atoms with van der Waals surface area (Å²) in [5, 5.41) is 17.2. The van der Waals surface area contributed by atoms with E-state index < -0.39 is 92.2 Å². The first kappa shape index (κ1) is 64.6. The average Bonchev–Trinajstić information content (AvgIpc) is 4.12. The lowest BCUT2D eigenvalue weighted by Crippen LogP contribution is -2.61. The van der Waals surface area contributed by atoms with Crippen LogP contribution in [-0.4, -0.2) is 129 Å². The number of nitrogens with two attached hydrogens (primary N) is 1. The smallest absolute Gasteiger partial charge is 0.312 e. The van der Waals surface area contributed by atoms with Crippen molar-refractivity contribution in [1.29, 1.82) is 0 Å². The van der Waals surface area contributed by atoms with Gasteiger partial charge in [0.25, 0.3) is 27.7 Å². The average molecular weight is 1120 g/mol. The van der Waals surface area contributed by atoms with E-state index in [1.165, 1.54) is 54.3 Å². The topological polar surface area (TPSA) is 304 Å². The fourth-order valence-corrected chi connectivity index (χ4v) is 10.5. The highest BCUT2D eigenvalue weighted by molar-refractivity contribution is 7.90. The second-order valence-corrected chi connectivity index (χ2v) is 24.6. The van der Waals surface area contributed by atoms with E-state index in [1.54, 1.807) is 27.9 Å². The zero-order valence-corrected chi connectivity index (χ0v) is 48.7. The number of hydrogen-bond acceptors (Lipinski definition) is 12. The van der Waals surface area contributed by atoms with Crippen molar-refractivity contribution in [2.75, 3.05) is 27.2 Å². The summed E-state index contributed by atoms with van der Waals surface area (Å²) in [5.74, 6) is -4.60. The zero-order valence-electron chi connectivity index (χ0n) is 47.9. The molecule has 1 aliphatic heterocycles. The van der Waals surface area contributed by atoms with Crippen LogP contribution in [0.15, 0.2) is 83.3 Å². The minimum Gasteiger partial charge on any atom is -0.352 e. The molecule has 0 bridgehead atoms. The third-order valence-corrected chi connectivity index (χ3v) is 15.9. The van der Waals surface area contributed by atoms with Crippen molar-refractivity contribution < 1.29 is 51.6 Å². The number of carbonyl (C=O) groups is 9. The molecule has 10 amide bonds. The summed E-state index contributed by atoms with van der Waals surface area (Å²) < 4.78 is 29.6. The molecule has 0 spiro atoms. The highest BCUT2D eigenvalue weighted by atomic mass is 32.2. The summed E-state index contributed by atoms with van der Waals surface area (Å²) in [4.78, 5) is 120. The molecular formula is C57H84N10O11S. The number of rotatable bonds is 29. The maximum absolute atomic E-state index is 14.4. The fourth-order valence-electron chi connectivity index (χ4n) is 9.52. The molecule has 0 unspecified atom stereocenters. The van der Waals surface area contributed by atoms with Crippen molar-refractivity contribution in [2.24, 2.45) is 23.0 Å². The Morgan fingerprint density at radius 1 is 0.772 bits per heavy atom. The third-order valence-electron chi connectivity index (χ3n) is 14.6. The number of likely N-dealkylation sites (N-methyl/N-ethyl adjacent to an activating group) is 2. The van der Waals surface area contributed by atoms with E-state index in [1.807, 2.05) is 78.8 Å². The van der Waals surface area contributed by atoms with Gasteiger partial charge >= 0.3 is 6.03 Å². The number of unbranched alkanes of at least 4 members (excludes halogenated alkanes) is 2. The van der Waals surface area contributed by atoms with E-state index in [2.05, 4.69) is 36.6 Å². The molecular weight excluding hydrogens is 1030 g/mol. The molecule has 1 heterocycles. The highest BCUT2D eigenvalue weighted by Gasteiger charge is 2.47. The SMILES string of the molecule is CN[C@H](C(=O)N[C@H](C(=O)N(C)[C@H](/C=C(\C)C(=O)NS(=O)(=O)c1ccc(C2(NC(=O)[C@@H](CCCNC(N)=O)NC(=O)[C@H](NC(=O)CCCCCN3C(=O)C=CC3=O)C(C)C)CC2)cc1)C(C)C)C(C)(C)C)C(C)(C)c1ccccc1. The number of benzene rings is 2. The molecule has 1 aliphatic carbocycles. The predicted octanol–water partition coefficient (Wildman–Crippen LogP) is 3.68. The van der Waals surface area contributed by atoms with Crippen molar-refractivity contribution in [1.82, 2.24) is 46.4 Å². The Hall–Kier alpha value is -6.94. The van der Waals surface area contributed by atoms with E-state index in [0.29, 0.717) is 37.7 Å². The quantitative estimate of drug-likeness (QED) is 0.0329. The number of nitrogens with one attached hydrogen (secondary N) is 7. The number of sulfonamides is 1. The monoisotopic (exact) mass is 1120 g/mol. The molecule has 9 N–H and O–H groups in total. The van der Waals surface area contributed by atoms with Crippen LogP contribution in [-0.2, 0) is 59.3 Å². The number of hydrogen-bond donors (Lipinski definition) is 8. The first-order valence-corrected chi connectivity index (χ1v) is 28.5. The predicted molar refractivity (Wildman–Crippen MR) is 300 cm³/mol. The van der Waals surface area contributed by atoms with Gasteiger partial charge in [-0.25, -0.2) is 17.9 Å². The van der Waals surface area contributed by atoms with Gasteiger partial charge in [0.05, 0.1) is 22.5 Å². The van der Waals surface area contributed by atoms with Crippen molar-refractivity contribution in [3.8, 4) is 0 Å². The van der Waals surface area contributed by atoms with Crippen molar-refractivity contribution in [3.05, 3.63) is 89.5 Å². The molecule has 434 valence electrons. The van der Waals surface area contributed by atoms with Gasteiger partial charge in [-0.15, -0.1) is 0 Å². The van der Waals surface area contributed by atoms with Gasteiger partial charge in [-0.05, 0) is 93.0 Å². The van der Waals surface area contributed by atoms with Crippen LogP contribution in [0.25, 0.3) is 0 Å². The van der Waals surface area contributed by atoms with Crippen molar-refractivity contribution in [3.63, 3.8) is 0 Å². The van der Waals surface area contributed by atoms with Gasteiger partial charge in [-0.3, -0.25) is 43.3 Å². The molecule has 5 atom stereocenters. The summed E-state index contributed by atoms with van der Waals surface area (Å²) in [7, 11) is -1.16. The Labute approximate surface area is 465 Å². The maximum Gasteiger partial charge on any atom is 0.312 e. The molecule has 0 aromatic heterocycles. The molecule has 79 heavy (non-hydrogen) atoms. The second-order valence-electron chi connectivity index (χ2n) is 22.9. The molecule has 1 saturated carbocycles. The van der Waals surface area contributed by atoms with E-state index in [4.69, 9.17) is 5.73 Å². The maximum atomic E-state index is 14.4. The second kappa shape index (κ2) is 27.8. The Bertz CT molecular complexity index is 2700. The Morgan fingerprint density at radius 2 is 1.38 bits per heavy atom. The van der Waals surface area contributed by atoms with Crippen LogP contribution < -0.4 is 42.4 Å². The van der Waals surface area contributed by atoms with E-state index >= 15 is 0 Å². The normalized spacial score (nSPS) is 16.3. The van der Waals surface area contributed by atoms with E-state index in [-0.39, 0.29) is 72.4 Å². The number of amides is 10. The molecule has 0 radical (unpaired) electrons. The van der Waals surface area contributed by atoms with Crippen LogP contribution in [0.5, 0.6) is 0 Å². The number of carbonyl (C=O) groups excluding carboxylic acids is 9. The molecule has 2 aliphatic rings. The summed E-state index contributed by atoms with van der Waals surface area (Å²) in [6.45, 7) is 18.5. The lowest BCUT2D eigenvalue weighted by molar-refractivity contribution is -0.141. The molecule has 22 heteroatoms. The molecule has 4 rings (SSSR count). The van der Waals surface area contributed by atoms with E-state index in [9.17, 15) is 51.6 Å². The van der Waals surface area contributed by atoms with Gasteiger partial charge in [0.2, 0.25) is 29.5 Å². The number of primary amides is 1. The van der Waals surface area contributed by atoms with Gasteiger partial charge < -0.3 is 42.5 Å². The van der Waals surface area contributed by atoms with Crippen LogP contribution in [0.3, 0.4) is 0 Å². The Morgan fingerprint density at radius 3 is 1.91 bits per heavy atom. The Balaban J connectivity index is 1.42. The van der Waals surface area contributed by atoms with Crippen molar-refractivity contribution in [2.45, 2.75) is 167 Å². The van der Waals surface area contributed by atoms with Crippen LogP contribution in [0.1, 0.15) is 132 Å². The van der Waals surface area contributed by atoms with Crippen LogP contribution in [0.4, 0.5) is 4.79 Å².